The molecule has 0 atom stereocenters. The van der Waals surface area contributed by atoms with Gasteiger partial charge in [-0.3, -0.25) is 10.1 Å². The molecule has 0 radical (unpaired) electrons. The molecule has 2 aromatic rings. The van der Waals surface area contributed by atoms with Gasteiger partial charge in [0.2, 0.25) is 0 Å². The van der Waals surface area contributed by atoms with E-state index in [4.69, 9.17) is 4.74 Å². The summed E-state index contributed by atoms with van der Waals surface area (Å²) in [5.74, 6) is 1.09. The molecule has 0 fully saturated rings. The maximum atomic E-state index is 12.7. The normalized spacial score (nSPS) is 11.5. The highest BCUT2D eigenvalue weighted by molar-refractivity contribution is 5.79. The van der Waals surface area contributed by atoms with Crippen LogP contribution in [-0.4, -0.2) is 36.4 Å². The van der Waals surface area contributed by atoms with E-state index in [1.54, 1.807) is 25.4 Å². The summed E-state index contributed by atoms with van der Waals surface area (Å²) >= 11 is 0. The van der Waals surface area contributed by atoms with Gasteiger partial charge in [-0.25, -0.2) is 0 Å². The fourth-order valence-electron chi connectivity index (χ4n) is 2.16. The van der Waals surface area contributed by atoms with Crippen LogP contribution in [0, 0.1) is 0 Å². The Morgan fingerprint density at radius 2 is 2.08 bits per heavy atom. The van der Waals surface area contributed by atoms with E-state index >= 15 is 0 Å². The Labute approximate surface area is 150 Å². The Balaban J connectivity index is 1.99. The summed E-state index contributed by atoms with van der Waals surface area (Å²) < 4.78 is 35.5. The molecule has 9 heteroatoms. The summed E-state index contributed by atoms with van der Waals surface area (Å²) in [4.78, 5) is 4.10. The van der Waals surface area contributed by atoms with Crippen LogP contribution in [0.2, 0.25) is 0 Å². The van der Waals surface area contributed by atoms with Crippen LogP contribution in [0.3, 0.4) is 0 Å². The van der Waals surface area contributed by atoms with Crippen molar-refractivity contribution in [3.8, 4) is 11.5 Å². The molecule has 0 saturated heterocycles. The lowest BCUT2D eigenvalue weighted by atomic mass is 10.2. The van der Waals surface area contributed by atoms with Gasteiger partial charge in [0, 0.05) is 31.4 Å². The largest absolute Gasteiger partial charge is 0.493 e. The van der Waals surface area contributed by atoms with Crippen LogP contribution in [0.15, 0.2) is 35.5 Å². The van der Waals surface area contributed by atoms with E-state index in [9.17, 15) is 8.78 Å². The number of aliphatic imine (C=N–C) groups is 1. The highest BCUT2D eigenvalue weighted by Gasteiger charge is 2.12. The molecule has 2 rings (SSSR count). The molecule has 142 valence electrons. The number of guanidine groups is 1. The van der Waals surface area contributed by atoms with Gasteiger partial charge in [0.15, 0.2) is 5.96 Å². The van der Waals surface area contributed by atoms with E-state index < -0.39 is 6.61 Å². The molecule has 0 saturated carbocycles. The molecule has 7 nitrogen and oxygen atoms in total. The predicted octanol–water partition coefficient (Wildman–Crippen LogP) is 2.67. The van der Waals surface area contributed by atoms with Gasteiger partial charge in [0.25, 0.3) is 0 Å². The maximum absolute atomic E-state index is 12.7. The Kier molecular flexibility index (Phi) is 7.66. The first-order valence-corrected chi connectivity index (χ1v) is 8.25. The monoisotopic (exact) mass is 367 g/mol. The molecule has 0 aliphatic carbocycles. The highest BCUT2D eigenvalue weighted by Crippen LogP contribution is 2.26. The minimum Gasteiger partial charge on any atom is -0.493 e. The van der Waals surface area contributed by atoms with Gasteiger partial charge in [-0.05, 0) is 24.6 Å². The van der Waals surface area contributed by atoms with Gasteiger partial charge < -0.3 is 20.1 Å². The van der Waals surface area contributed by atoms with Crippen LogP contribution >= 0.6 is 0 Å². The number of ether oxygens (including phenoxy) is 2. The van der Waals surface area contributed by atoms with Crippen molar-refractivity contribution in [2.75, 3.05) is 13.7 Å². The maximum Gasteiger partial charge on any atom is 0.387 e. The number of benzene rings is 1. The summed E-state index contributed by atoms with van der Waals surface area (Å²) in [5.41, 5.74) is 1.46. The van der Waals surface area contributed by atoms with Crippen LogP contribution in [0.4, 0.5) is 8.78 Å². The van der Waals surface area contributed by atoms with Gasteiger partial charge in [-0.15, -0.1) is 0 Å². The summed E-state index contributed by atoms with van der Waals surface area (Å²) in [6.07, 6.45) is 2.48. The number of hydrogen-bond donors (Lipinski definition) is 3. The number of aromatic amines is 1. The average Bonchev–Trinajstić information content (AvgIpc) is 3.14. The van der Waals surface area contributed by atoms with Crippen molar-refractivity contribution in [2.45, 2.75) is 33.0 Å². The molecule has 1 aromatic carbocycles. The van der Waals surface area contributed by atoms with Gasteiger partial charge in [-0.2, -0.15) is 13.9 Å². The average molecular weight is 367 g/mol. The molecular weight excluding hydrogens is 344 g/mol. The standard InChI is InChI=1S/C17H23F2N5O2/c1-3-8-25-14-5-4-12(15(9-14)26-16(18)19)10-21-17(20-2)22-11-13-6-7-23-24-13/h4-7,9,16H,3,8,10-11H2,1-2H3,(H,23,24)(H2,20,21,22). The number of nitrogens with one attached hydrogen (secondary N) is 3. The first-order chi connectivity index (χ1) is 12.6. The number of H-pyrrole nitrogens is 1. The second-order valence-electron chi connectivity index (χ2n) is 5.36. The summed E-state index contributed by atoms with van der Waals surface area (Å²) in [7, 11) is 1.63. The molecule has 0 spiro atoms. The van der Waals surface area contributed by atoms with E-state index in [1.165, 1.54) is 6.07 Å². The van der Waals surface area contributed by atoms with E-state index in [1.807, 2.05) is 13.0 Å². The van der Waals surface area contributed by atoms with Crippen molar-refractivity contribution in [2.24, 2.45) is 4.99 Å². The van der Waals surface area contributed by atoms with Gasteiger partial charge in [0.1, 0.15) is 11.5 Å². The third kappa shape index (κ3) is 6.23. The van der Waals surface area contributed by atoms with Crippen molar-refractivity contribution in [3.63, 3.8) is 0 Å². The zero-order valence-corrected chi connectivity index (χ0v) is 14.8. The fraction of sp³-hybridized carbons (Fsp3) is 0.412. The number of halogens is 2. The molecule has 0 unspecified atom stereocenters. The smallest absolute Gasteiger partial charge is 0.387 e. The van der Waals surface area contributed by atoms with Crippen molar-refractivity contribution >= 4 is 5.96 Å². The molecule has 0 aliphatic rings. The third-order valence-corrected chi connectivity index (χ3v) is 3.40. The number of nitrogens with zero attached hydrogens (tertiary/aromatic N) is 2. The van der Waals surface area contributed by atoms with Crippen LogP contribution < -0.4 is 20.1 Å². The van der Waals surface area contributed by atoms with Gasteiger partial charge >= 0.3 is 6.61 Å². The Bertz CT molecular complexity index is 692. The summed E-state index contributed by atoms with van der Waals surface area (Å²) in [6, 6.07) is 6.73. The summed E-state index contributed by atoms with van der Waals surface area (Å²) in [6.45, 7) is 0.336. The van der Waals surface area contributed by atoms with Crippen molar-refractivity contribution in [1.29, 1.82) is 0 Å². The second kappa shape index (κ2) is 10.2. The second-order valence-corrected chi connectivity index (χ2v) is 5.36. The van der Waals surface area contributed by atoms with Gasteiger partial charge in [0.05, 0.1) is 18.8 Å². The van der Waals surface area contributed by atoms with Crippen molar-refractivity contribution in [3.05, 3.63) is 41.7 Å². The quantitative estimate of drug-likeness (QED) is 0.469. The van der Waals surface area contributed by atoms with Crippen LogP contribution in [0.1, 0.15) is 24.6 Å². The van der Waals surface area contributed by atoms with Crippen LogP contribution in [-0.2, 0) is 13.1 Å². The molecular formula is C17H23F2N5O2. The van der Waals surface area contributed by atoms with E-state index in [-0.39, 0.29) is 12.3 Å². The zero-order valence-electron chi connectivity index (χ0n) is 14.8. The Morgan fingerprint density at radius 1 is 1.27 bits per heavy atom. The lowest BCUT2D eigenvalue weighted by Crippen LogP contribution is -2.36. The van der Waals surface area contributed by atoms with Crippen LogP contribution in [0.25, 0.3) is 0 Å². The number of alkyl halides is 2. The fourth-order valence-corrected chi connectivity index (χ4v) is 2.16. The third-order valence-electron chi connectivity index (χ3n) is 3.40. The zero-order chi connectivity index (χ0) is 18.8. The first kappa shape index (κ1) is 19.5. The minimum absolute atomic E-state index is 0.0742. The molecule has 0 aliphatic heterocycles. The lowest BCUT2D eigenvalue weighted by molar-refractivity contribution is -0.0505. The predicted molar refractivity (Wildman–Crippen MR) is 94.5 cm³/mol. The summed E-state index contributed by atoms with van der Waals surface area (Å²) in [5, 5.41) is 12.9. The highest BCUT2D eigenvalue weighted by atomic mass is 19.3. The molecule has 0 bridgehead atoms. The van der Waals surface area contributed by atoms with E-state index in [2.05, 4.69) is 30.6 Å². The van der Waals surface area contributed by atoms with Crippen LogP contribution in [0.5, 0.6) is 11.5 Å². The number of rotatable bonds is 9. The molecule has 26 heavy (non-hydrogen) atoms. The number of hydrogen-bond acceptors (Lipinski definition) is 4. The molecule has 0 amide bonds. The first-order valence-electron chi connectivity index (χ1n) is 8.25. The Hall–Kier alpha value is -2.84. The number of aromatic nitrogens is 2. The topological polar surface area (TPSA) is 83.6 Å². The molecule has 3 N–H and O–H groups in total. The van der Waals surface area contributed by atoms with Gasteiger partial charge in [-0.1, -0.05) is 6.92 Å². The Morgan fingerprint density at radius 3 is 2.73 bits per heavy atom. The molecule has 1 heterocycles. The SMILES string of the molecule is CCCOc1ccc(CNC(=NC)NCc2ccn[nH]2)c(OC(F)F)c1. The molecule has 1 aromatic heterocycles. The lowest BCUT2D eigenvalue weighted by Gasteiger charge is -2.15. The van der Waals surface area contributed by atoms with Crippen molar-refractivity contribution in [1.82, 2.24) is 20.8 Å². The van der Waals surface area contributed by atoms with Crippen molar-refractivity contribution < 1.29 is 18.3 Å². The van der Waals surface area contributed by atoms with E-state index in [0.717, 1.165) is 12.1 Å². The minimum atomic E-state index is -2.91. The van der Waals surface area contributed by atoms with E-state index in [0.29, 0.717) is 30.4 Å².